The second kappa shape index (κ2) is 14.4. The number of carbonyl (C=O) groups excluding carboxylic acids is 4. The molecule has 0 radical (unpaired) electrons. The van der Waals surface area contributed by atoms with Crippen molar-refractivity contribution in [1.29, 1.82) is 0 Å². The summed E-state index contributed by atoms with van der Waals surface area (Å²) < 4.78 is 0. The van der Waals surface area contributed by atoms with Crippen LogP contribution in [0.2, 0.25) is 0 Å². The maximum Gasteiger partial charge on any atom is 0.326 e. The van der Waals surface area contributed by atoms with Crippen molar-refractivity contribution in [2.75, 3.05) is 0 Å². The zero-order chi connectivity index (χ0) is 26.6. The Morgan fingerprint density at radius 3 is 1.68 bits per heavy atom. The number of nitrogens with one attached hydrogen (secondary N) is 3. The van der Waals surface area contributed by atoms with Gasteiger partial charge in [0.15, 0.2) is 0 Å². The first-order valence-electron chi connectivity index (χ1n) is 10.2. The molecule has 0 bridgehead atoms. The number of rotatable bonds is 16. The van der Waals surface area contributed by atoms with Crippen molar-refractivity contribution in [3.05, 3.63) is 0 Å². The molecule has 34 heavy (non-hydrogen) atoms. The van der Waals surface area contributed by atoms with Crippen molar-refractivity contribution >= 4 is 41.5 Å². The average Bonchev–Trinajstić information content (AvgIpc) is 2.68. The van der Waals surface area contributed by atoms with Crippen LogP contribution in [0.4, 0.5) is 0 Å². The normalized spacial score (nSPS) is 14.2. The minimum Gasteiger partial charge on any atom is -0.481 e. The van der Waals surface area contributed by atoms with E-state index in [1.54, 1.807) is 13.8 Å². The first-order chi connectivity index (χ1) is 15.6. The first kappa shape index (κ1) is 30.2. The molecule has 0 spiro atoms. The van der Waals surface area contributed by atoms with Crippen LogP contribution in [0.25, 0.3) is 0 Å². The van der Waals surface area contributed by atoms with Crippen molar-refractivity contribution in [2.45, 2.75) is 70.1 Å². The lowest BCUT2D eigenvalue weighted by atomic mass is 10.0. The molecule has 0 heterocycles. The molecule has 192 valence electrons. The topological polar surface area (TPSA) is 268 Å². The van der Waals surface area contributed by atoms with E-state index in [1.807, 2.05) is 5.32 Å². The molecule has 15 nitrogen and oxygen atoms in total. The number of primary amides is 1. The number of hydrogen-bond donors (Lipinski definition) is 8. The van der Waals surface area contributed by atoms with Crippen LogP contribution in [0.5, 0.6) is 0 Å². The standard InChI is InChI=1S/C19H31N5O10/c1-8(2)5-10(22-16(30)9(20)3-4-14(26)27)17(31)23-11(6-13(21)25)18(32)24-12(19(33)34)7-15(28)29/h8-12H,3-7,20H2,1-2H3,(H2,21,25)(H,22,30)(H,23,31)(H,24,32)(H,26,27)(H,28,29)(H,33,34). The third-order valence-corrected chi connectivity index (χ3v) is 4.38. The summed E-state index contributed by atoms with van der Waals surface area (Å²) >= 11 is 0. The maximum atomic E-state index is 12.8. The fourth-order valence-electron chi connectivity index (χ4n) is 2.72. The number of hydrogen-bond acceptors (Lipinski definition) is 8. The molecule has 15 heteroatoms. The highest BCUT2D eigenvalue weighted by Crippen LogP contribution is 2.08. The zero-order valence-corrected chi connectivity index (χ0v) is 18.8. The van der Waals surface area contributed by atoms with E-state index in [0.717, 1.165) is 0 Å². The maximum absolute atomic E-state index is 12.8. The molecule has 0 rings (SSSR count). The van der Waals surface area contributed by atoms with E-state index < -0.39 is 78.5 Å². The highest BCUT2D eigenvalue weighted by Gasteiger charge is 2.32. The molecule has 4 atom stereocenters. The molecule has 0 aliphatic rings. The van der Waals surface area contributed by atoms with E-state index in [1.165, 1.54) is 0 Å². The van der Waals surface area contributed by atoms with Gasteiger partial charge in [-0.3, -0.25) is 28.8 Å². The van der Waals surface area contributed by atoms with E-state index in [0.29, 0.717) is 0 Å². The second-order valence-electron chi connectivity index (χ2n) is 7.96. The summed E-state index contributed by atoms with van der Waals surface area (Å²) in [6.07, 6.45) is -2.19. The third kappa shape index (κ3) is 12.3. The van der Waals surface area contributed by atoms with Crippen LogP contribution in [-0.2, 0) is 33.6 Å². The average molecular weight is 489 g/mol. The number of carboxylic acids is 3. The van der Waals surface area contributed by atoms with Gasteiger partial charge in [0.1, 0.15) is 18.1 Å². The summed E-state index contributed by atoms with van der Waals surface area (Å²) in [5.74, 6) is -8.39. The van der Waals surface area contributed by atoms with Gasteiger partial charge in [0, 0.05) is 6.42 Å². The fraction of sp³-hybridized carbons (Fsp3) is 0.632. The summed E-state index contributed by atoms with van der Waals surface area (Å²) in [4.78, 5) is 81.6. The van der Waals surface area contributed by atoms with Gasteiger partial charge < -0.3 is 42.7 Å². The van der Waals surface area contributed by atoms with Crippen LogP contribution in [-0.4, -0.2) is 81.0 Å². The largest absolute Gasteiger partial charge is 0.481 e. The Balaban J connectivity index is 5.52. The molecule has 0 aromatic carbocycles. The van der Waals surface area contributed by atoms with E-state index in [4.69, 9.17) is 26.8 Å². The van der Waals surface area contributed by atoms with Gasteiger partial charge in [-0.25, -0.2) is 4.79 Å². The van der Waals surface area contributed by atoms with Gasteiger partial charge in [0.25, 0.3) is 0 Å². The minimum absolute atomic E-state index is 0.0743. The predicted molar refractivity (Wildman–Crippen MR) is 114 cm³/mol. The van der Waals surface area contributed by atoms with Gasteiger partial charge in [0.2, 0.25) is 23.6 Å². The predicted octanol–water partition coefficient (Wildman–Crippen LogP) is -2.89. The molecule has 4 unspecified atom stereocenters. The van der Waals surface area contributed by atoms with Crippen molar-refractivity contribution in [1.82, 2.24) is 16.0 Å². The van der Waals surface area contributed by atoms with Gasteiger partial charge in [-0.15, -0.1) is 0 Å². The van der Waals surface area contributed by atoms with Crippen LogP contribution < -0.4 is 27.4 Å². The van der Waals surface area contributed by atoms with Crippen LogP contribution in [0.3, 0.4) is 0 Å². The first-order valence-corrected chi connectivity index (χ1v) is 10.2. The van der Waals surface area contributed by atoms with Crippen molar-refractivity contribution in [2.24, 2.45) is 17.4 Å². The van der Waals surface area contributed by atoms with Crippen LogP contribution in [0, 0.1) is 5.92 Å². The van der Waals surface area contributed by atoms with Gasteiger partial charge >= 0.3 is 17.9 Å². The molecule has 0 aliphatic carbocycles. The Labute approximate surface area is 194 Å². The quantitative estimate of drug-likeness (QED) is 0.109. The smallest absolute Gasteiger partial charge is 0.326 e. The molecule has 0 fully saturated rings. The van der Waals surface area contributed by atoms with E-state index in [9.17, 15) is 33.6 Å². The van der Waals surface area contributed by atoms with Crippen molar-refractivity contribution in [3.8, 4) is 0 Å². The molecular formula is C19H31N5O10. The van der Waals surface area contributed by atoms with Crippen LogP contribution >= 0.6 is 0 Å². The van der Waals surface area contributed by atoms with Crippen LogP contribution in [0.1, 0.15) is 46.0 Å². The molecule has 0 aromatic heterocycles. The van der Waals surface area contributed by atoms with Gasteiger partial charge in [0.05, 0.1) is 18.9 Å². The summed E-state index contributed by atoms with van der Waals surface area (Å²) in [5.41, 5.74) is 10.7. The Kier molecular flexibility index (Phi) is 12.8. The monoisotopic (exact) mass is 489 g/mol. The number of aliphatic carboxylic acids is 3. The van der Waals surface area contributed by atoms with E-state index in [2.05, 4.69) is 10.6 Å². The summed E-state index contributed by atoms with van der Waals surface area (Å²) in [6.45, 7) is 3.46. The molecule has 10 N–H and O–H groups in total. The van der Waals surface area contributed by atoms with Gasteiger partial charge in [-0.1, -0.05) is 13.8 Å². The molecule has 0 aliphatic heterocycles. The lowest BCUT2D eigenvalue weighted by Gasteiger charge is -2.25. The van der Waals surface area contributed by atoms with E-state index in [-0.39, 0.29) is 25.2 Å². The van der Waals surface area contributed by atoms with Gasteiger partial charge in [-0.2, -0.15) is 0 Å². The Hall–Kier alpha value is -3.75. The minimum atomic E-state index is -1.84. The Morgan fingerprint density at radius 1 is 0.735 bits per heavy atom. The zero-order valence-electron chi connectivity index (χ0n) is 18.8. The van der Waals surface area contributed by atoms with Crippen molar-refractivity contribution in [3.63, 3.8) is 0 Å². The van der Waals surface area contributed by atoms with E-state index >= 15 is 0 Å². The molecule has 4 amide bonds. The summed E-state index contributed by atoms with van der Waals surface area (Å²) in [7, 11) is 0. The highest BCUT2D eigenvalue weighted by atomic mass is 16.4. The third-order valence-electron chi connectivity index (χ3n) is 4.38. The number of nitrogens with two attached hydrogens (primary N) is 2. The van der Waals surface area contributed by atoms with Crippen molar-refractivity contribution < 1.29 is 48.9 Å². The summed E-state index contributed by atoms with van der Waals surface area (Å²) in [5, 5.41) is 33.1. The number of amides is 4. The van der Waals surface area contributed by atoms with Gasteiger partial charge in [-0.05, 0) is 18.8 Å². The lowest BCUT2D eigenvalue weighted by Crippen LogP contribution is -2.58. The molecule has 0 aromatic rings. The molecule has 0 saturated heterocycles. The molecular weight excluding hydrogens is 458 g/mol. The number of carbonyl (C=O) groups is 7. The molecule has 0 saturated carbocycles. The van der Waals surface area contributed by atoms with Crippen LogP contribution in [0.15, 0.2) is 0 Å². The fourth-order valence-corrected chi connectivity index (χ4v) is 2.72. The highest BCUT2D eigenvalue weighted by molar-refractivity contribution is 5.96. The second-order valence-corrected chi connectivity index (χ2v) is 7.96. The Bertz CT molecular complexity index is 800. The number of carboxylic acid groups (broad SMARTS) is 3. The Morgan fingerprint density at radius 2 is 1.24 bits per heavy atom. The summed E-state index contributed by atoms with van der Waals surface area (Å²) in [6, 6.07) is -5.96. The lowest BCUT2D eigenvalue weighted by molar-refractivity contribution is -0.147. The SMILES string of the molecule is CC(C)CC(NC(=O)C(N)CCC(=O)O)C(=O)NC(CC(N)=O)C(=O)NC(CC(=O)O)C(=O)O.